The molecule has 66 heavy (non-hydrogen) atoms. The number of carbonyl (C=O) groups is 2. The number of fused-ring (bicyclic) bond motifs is 1. The van der Waals surface area contributed by atoms with Gasteiger partial charge in [0.1, 0.15) is 11.1 Å². The first-order chi connectivity index (χ1) is 31.4. The Kier molecular flexibility index (Phi) is 17.7. The van der Waals surface area contributed by atoms with E-state index in [1.807, 2.05) is 13.8 Å². The topological polar surface area (TPSA) is 235 Å². The molecule has 2 N–H and O–H groups in total. The summed E-state index contributed by atoms with van der Waals surface area (Å²) in [4.78, 5) is 23.1. The van der Waals surface area contributed by atoms with E-state index in [4.69, 9.17) is 41.5 Å². The number of methoxy groups -OCH3 is 4. The van der Waals surface area contributed by atoms with Gasteiger partial charge in [-0.15, -0.1) is 0 Å². The smallest absolute Gasteiger partial charge is 0.341 e. The number of hydrogen-bond donors (Lipinski definition) is 2. The van der Waals surface area contributed by atoms with Crippen molar-refractivity contribution in [3.8, 4) is 34.5 Å². The summed E-state index contributed by atoms with van der Waals surface area (Å²) in [5.74, 6) is -0.692. The molecule has 18 nitrogen and oxygen atoms in total. The van der Waals surface area contributed by atoms with Crippen LogP contribution in [0.4, 0.5) is 0 Å². The molecule has 4 aromatic carbocycles. The van der Waals surface area contributed by atoms with Crippen LogP contribution < -0.4 is 18.9 Å². The van der Waals surface area contributed by atoms with E-state index in [0.29, 0.717) is 75.3 Å². The van der Waals surface area contributed by atoms with Crippen molar-refractivity contribution in [1.82, 2.24) is 0 Å². The molecule has 7 rings (SSSR count). The highest BCUT2D eigenvalue weighted by atomic mass is 32.2. The van der Waals surface area contributed by atoms with E-state index in [-0.39, 0.29) is 39.7 Å². The van der Waals surface area contributed by atoms with Gasteiger partial charge in [-0.05, 0) is 88.1 Å². The number of aryl methyl sites for hydroxylation is 2. The highest BCUT2D eigenvalue weighted by Crippen LogP contribution is 2.46. The van der Waals surface area contributed by atoms with Crippen LogP contribution in [0.15, 0.2) is 82.6 Å². The predicted molar refractivity (Wildman–Crippen MR) is 237 cm³/mol. The fourth-order valence-corrected chi connectivity index (χ4v) is 8.95. The summed E-state index contributed by atoms with van der Waals surface area (Å²) in [7, 11) is -2.51. The second-order valence-corrected chi connectivity index (χ2v) is 19.1. The van der Waals surface area contributed by atoms with Crippen molar-refractivity contribution >= 4 is 32.2 Å². The molecule has 4 aromatic rings. The molecule has 0 aromatic heterocycles. The lowest BCUT2D eigenvalue weighted by Crippen LogP contribution is -2.39. The van der Waals surface area contributed by atoms with Gasteiger partial charge in [0.25, 0.3) is 20.2 Å². The minimum absolute atomic E-state index is 0.0588. The molecular weight excluding hydrogens is 905 g/mol. The first kappa shape index (κ1) is 51.3. The summed E-state index contributed by atoms with van der Waals surface area (Å²) in [6, 6.07) is 18.7. The third-order valence-electron chi connectivity index (χ3n) is 11.3. The third kappa shape index (κ3) is 12.8. The summed E-state index contributed by atoms with van der Waals surface area (Å²) < 4.78 is 103. The van der Waals surface area contributed by atoms with Gasteiger partial charge in [-0.25, -0.2) is 9.59 Å². The van der Waals surface area contributed by atoms with Crippen LogP contribution in [0.25, 0.3) is 0 Å². The Morgan fingerprint density at radius 2 is 0.985 bits per heavy atom. The van der Waals surface area contributed by atoms with Gasteiger partial charge in [-0.1, -0.05) is 35.4 Å². The summed E-state index contributed by atoms with van der Waals surface area (Å²) in [6.45, 7) is 6.51. The molecule has 0 unspecified atom stereocenters. The Balaban J connectivity index is 0.000000199. The highest BCUT2D eigenvalue weighted by Gasteiger charge is 2.40. The zero-order valence-electron chi connectivity index (χ0n) is 37.7. The van der Waals surface area contributed by atoms with Crippen LogP contribution in [0.5, 0.6) is 34.5 Å². The van der Waals surface area contributed by atoms with E-state index in [1.54, 1.807) is 43.5 Å². The maximum Gasteiger partial charge on any atom is 0.341 e. The molecule has 2 fully saturated rings. The minimum atomic E-state index is -3.97. The Hall–Kier alpha value is -5.64. The van der Waals surface area contributed by atoms with Gasteiger partial charge in [0, 0.05) is 37.3 Å². The molecule has 0 aliphatic carbocycles. The monoisotopic (exact) mass is 960 g/mol. The molecule has 20 heteroatoms. The molecule has 0 saturated carbocycles. The van der Waals surface area contributed by atoms with E-state index in [0.717, 1.165) is 24.0 Å². The SMILES string of the molecule is COC(=O)c1ccc(OC)c(O)c1O.COC(=O)c1ccc(OC)c2c1OCC1(CCOCC1)CO2.Cc1ccc(S(=O)(=O)OCC2(COS(=O)(=O)c3ccc(C)cc3)CCOCC2)cc1. The number of ether oxygens (including phenoxy) is 8. The van der Waals surface area contributed by atoms with E-state index < -0.39 is 49.1 Å². The number of phenolic OH excluding ortho intramolecular Hbond substituents is 2. The Bertz CT molecular complexity index is 2410. The molecule has 1 spiro atoms. The Morgan fingerprint density at radius 3 is 1.45 bits per heavy atom. The highest BCUT2D eigenvalue weighted by molar-refractivity contribution is 7.87. The summed E-state index contributed by atoms with van der Waals surface area (Å²) in [5.41, 5.74) is 1.24. The van der Waals surface area contributed by atoms with Gasteiger partial charge < -0.3 is 48.1 Å². The zero-order chi connectivity index (χ0) is 48.1. The summed E-state index contributed by atoms with van der Waals surface area (Å²) >= 11 is 0. The van der Waals surface area contributed by atoms with Gasteiger partial charge >= 0.3 is 11.9 Å². The molecule has 0 bridgehead atoms. The van der Waals surface area contributed by atoms with Crippen molar-refractivity contribution in [2.45, 2.75) is 49.3 Å². The molecule has 3 aliphatic heterocycles. The van der Waals surface area contributed by atoms with Crippen molar-refractivity contribution in [1.29, 1.82) is 0 Å². The van der Waals surface area contributed by atoms with Gasteiger partial charge in [0.05, 0.1) is 64.7 Å². The largest absolute Gasteiger partial charge is 0.504 e. The summed E-state index contributed by atoms with van der Waals surface area (Å²) in [5, 5.41) is 18.7. The second kappa shape index (κ2) is 22.7. The minimum Gasteiger partial charge on any atom is -0.504 e. The van der Waals surface area contributed by atoms with Crippen LogP contribution >= 0.6 is 0 Å². The van der Waals surface area contributed by atoms with Crippen molar-refractivity contribution in [3.05, 3.63) is 95.1 Å². The molecule has 0 atom stereocenters. The van der Waals surface area contributed by atoms with Crippen LogP contribution in [0, 0.1) is 24.7 Å². The number of hydrogen-bond acceptors (Lipinski definition) is 18. The fraction of sp³-hybridized carbons (Fsp3) is 0.435. The van der Waals surface area contributed by atoms with Crippen molar-refractivity contribution in [3.63, 3.8) is 0 Å². The molecule has 3 aliphatic rings. The normalized spacial score (nSPS) is 16.2. The molecule has 360 valence electrons. The van der Waals surface area contributed by atoms with Gasteiger partial charge in [-0.2, -0.15) is 16.8 Å². The summed E-state index contributed by atoms with van der Waals surface area (Å²) in [6.07, 6.45) is 2.60. The maximum absolute atomic E-state index is 12.6. The Morgan fingerprint density at radius 1 is 0.561 bits per heavy atom. The zero-order valence-corrected chi connectivity index (χ0v) is 39.3. The lowest BCUT2D eigenvalue weighted by Gasteiger charge is -2.35. The van der Waals surface area contributed by atoms with Crippen molar-refractivity contribution in [2.75, 3.05) is 81.3 Å². The number of carbonyl (C=O) groups excluding carboxylic acids is 2. The number of esters is 2. The average molecular weight is 961 g/mol. The average Bonchev–Trinajstić information content (AvgIpc) is 3.51. The molecule has 0 amide bonds. The van der Waals surface area contributed by atoms with Crippen LogP contribution in [0.3, 0.4) is 0 Å². The lowest BCUT2D eigenvalue weighted by molar-refractivity contribution is -0.0315. The third-order valence-corrected chi connectivity index (χ3v) is 13.8. The number of benzene rings is 4. The van der Waals surface area contributed by atoms with Crippen LogP contribution in [-0.2, 0) is 47.5 Å². The number of rotatable bonds is 12. The van der Waals surface area contributed by atoms with Crippen molar-refractivity contribution < 1.29 is 82.9 Å². The standard InChI is InChI=1S/C21H26O7S2.C16H20O6.C9H10O5/c1-17-3-7-19(8-4-17)29(22,23)27-15-21(11-13-26-14-12-21)16-28-30(24,25)20-9-5-18(2)6-10-20;1-18-12-4-3-11(15(17)19-2)13-14(12)22-10-16(9-21-13)5-7-20-8-6-16;1-13-6-4-3-5(9(12)14-2)7(10)8(6)11/h3-10H,11-16H2,1-2H3;3-4H,5-10H2,1-2H3;3-4,10-11H,1-2H3. The van der Waals surface area contributed by atoms with Crippen LogP contribution in [0.2, 0.25) is 0 Å². The van der Waals surface area contributed by atoms with E-state index in [9.17, 15) is 36.6 Å². The fourth-order valence-electron chi connectivity index (χ4n) is 6.93. The number of phenols is 2. The predicted octanol–water partition coefficient (Wildman–Crippen LogP) is 6.15. The van der Waals surface area contributed by atoms with E-state index >= 15 is 0 Å². The van der Waals surface area contributed by atoms with Crippen LogP contribution in [-0.4, -0.2) is 120 Å². The number of aromatic hydroxyl groups is 2. The van der Waals surface area contributed by atoms with Crippen molar-refractivity contribution in [2.24, 2.45) is 10.8 Å². The van der Waals surface area contributed by atoms with E-state index in [2.05, 4.69) is 4.74 Å². The van der Waals surface area contributed by atoms with Gasteiger partial charge in [-0.3, -0.25) is 8.37 Å². The van der Waals surface area contributed by atoms with Crippen LogP contribution in [0.1, 0.15) is 57.5 Å². The van der Waals surface area contributed by atoms with Gasteiger partial charge in [0.15, 0.2) is 23.0 Å². The lowest BCUT2D eigenvalue weighted by atomic mass is 9.82. The molecule has 0 radical (unpaired) electrons. The van der Waals surface area contributed by atoms with Gasteiger partial charge in [0.2, 0.25) is 11.5 Å². The first-order valence-electron chi connectivity index (χ1n) is 20.7. The Labute approximate surface area is 384 Å². The molecular formula is C46H56O18S2. The van der Waals surface area contributed by atoms with E-state index in [1.165, 1.54) is 57.7 Å². The first-order valence-corrected chi connectivity index (χ1v) is 23.5. The second-order valence-electron chi connectivity index (χ2n) is 15.8. The maximum atomic E-state index is 12.6. The molecule has 3 heterocycles. The molecule has 2 saturated heterocycles. The quantitative estimate of drug-likeness (QED) is 0.0920.